The van der Waals surface area contributed by atoms with Crippen LogP contribution < -0.4 is 4.74 Å². The van der Waals surface area contributed by atoms with Crippen molar-refractivity contribution in [2.45, 2.75) is 38.4 Å². The molecule has 2 atom stereocenters. The van der Waals surface area contributed by atoms with Crippen molar-refractivity contribution in [1.29, 1.82) is 0 Å². The van der Waals surface area contributed by atoms with E-state index in [0.29, 0.717) is 24.4 Å². The third-order valence-electron chi connectivity index (χ3n) is 4.79. The molecular formula is C21H23ClFNO3. The first-order valence-corrected chi connectivity index (χ1v) is 9.42. The van der Waals surface area contributed by atoms with Gasteiger partial charge in [0, 0.05) is 18.5 Å². The standard InChI is InChI=1S/C21H23ClFNO3/c1-13(2)14-4-3-5-16(10-14)27-20-8-9-24(12-19(20)25)21(26)15-6-7-18(23)17(22)11-15/h3-7,10-11,13,19-20,25H,8-9,12H2,1-2H3/t19-,20-/m1/s1. The Bertz CT molecular complexity index is 827. The van der Waals surface area contributed by atoms with Gasteiger partial charge >= 0.3 is 0 Å². The molecule has 0 aromatic heterocycles. The predicted molar refractivity (Wildman–Crippen MR) is 103 cm³/mol. The van der Waals surface area contributed by atoms with Gasteiger partial charge in [0.05, 0.1) is 11.6 Å². The van der Waals surface area contributed by atoms with Crippen molar-refractivity contribution < 1.29 is 19.0 Å². The van der Waals surface area contributed by atoms with Crippen LogP contribution in [0.2, 0.25) is 5.02 Å². The van der Waals surface area contributed by atoms with Crippen molar-refractivity contribution in [2.24, 2.45) is 0 Å². The summed E-state index contributed by atoms with van der Waals surface area (Å²) >= 11 is 5.76. The molecule has 1 N–H and O–H groups in total. The minimum atomic E-state index is -0.804. The lowest BCUT2D eigenvalue weighted by molar-refractivity contribution is -0.0199. The fourth-order valence-corrected chi connectivity index (χ4v) is 3.35. The van der Waals surface area contributed by atoms with Crippen molar-refractivity contribution in [3.63, 3.8) is 0 Å². The average molecular weight is 392 g/mol. The number of amides is 1. The molecule has 3 rings (SSSR count). The molecule has 2 aromatic carbocycles. The molecule has 0 radical (unpaired) electrons. The molecule has 2 aromatic rings. The summed E-state index contributed by atoms with van der Waals surface area (Å²) in [7, 11) is 0. The number of benzene rings is 2. The fraction of sp³-hybridized carbons (Fsp3) is 0.381. The van der Waals surface area contributed by atoms with Crippen LogP contribution in [0.4, 0.5) is 4.39 Å². The molecule has 27 heavy (non-hydrogen) atoms. The van der Waals surface area contributed by atoms with Crippen molar-refractivity contribution >= 4 is 17.5 Å². The SMILES string of the molecule is CC(C)c1cccc(O[C@@H]2CCN(C(=O)c3ccc(F)c(Cl)c3)C[C@H]2O)c1. The Hall–Kier alpha value is -2.11. The maximum absolute atomic E-state index is 13.3. The van der Waals surface area contributed by atoms with Crippen LogP contribution in [-0.2, 0) is 0 Å². The highest BCUT2D eigenvalue weighted by Gasteiger charge is 2.32. The Balaban J connectivity index is 1.64. The van der Waals surface area contributed by atoms with Gasteiger partial charge in [-0.3, -0.25) is 4.79 Å². The van der Waals surface area contributed by atoms with Crippen molar-refractivity contribution in [3.05, 3.63) is 64.4 Å². The normalized spacial score (nSPS) is 20.0. The van der Waals surface area contributed by atoms with Gasteiger partial charge in [-0.2, -0.15) is 0 Å². The van der Waals surface area contributed by atoms with Crippen molar-refractivity contribution in [1.82, 2.24) is 4.90 Å². The van der Waals surface area contributed by atoms with Crippen LogP contribution in [-0.4, -0.2) is 41.2 Å². The van der Waals surface area contributed by atoms with E-state index in [0.717, 1.165) is 5.75 Å². The molecule has 1 amide bonds. The number of halogens is 2. The molecule has 1 aliphatic rings. The summed E-state index contributed by atoms with van der Waals surface area (Å²) in [5, 5.41) is 10.4. The Labute approximate surface area is 163 Å². The summed E-state index contributed by atoms with van der Waals surface area (Å²) in [6.07, 6.45) is -0.678. The summed E-state index contributed by atoms with van der Waals surface area (Å²) < 4.78 is 19.3. The highest BCUT2D eigenvalue weighted by molar-refractivity contribution is 6.31. The Kier molecular flexibility index (Phi) is 6.02. The molecule has 144 valence electrons. The number of likely N-dealkylation sites (tertiary alicyclic amines) is 1. The summed E-state index contributed by atoms with van der Waals surface area (Å²) in [5.41, 5.74) is 1.47. The number of rotatable bonds is 4. The number of nitrogens with zero attached hydrogens (tertiary/aromatic N) is 1. The highest BCUT2D eigenvalue weighted by Crippen LogP contribution is 2.25. The number of carbonyl (C=O) groups excluding carboxylic acids is 1. The zero-order chi connectivity index (χ0) is 19.6. The lowest BCUT2D eigenvalue weighted by atomic mass is 10.0. The van der Waals surface area contributed by atoms with Gasteiger partial charge in [-0.05, 0) is 41.8 Å². The van der Waals surface area contributed by atoms with E-state index >= 15 is 0 Å². The van der Waals surface area contributed by atoms with Crippen molar-refractivity contribution in [3.8, 4) is 5.75 Å². The number of ether oxygens (including phenoxy) is 1. The second-order valence-corrected chi connectivity index (χ2v) is 7.53. The third kappa shape index (κ3) is 4.60. The van der Waals surface area contributed by atoms with E-state index in [1.54, 1.807) is 4.90 Å². The molecule has 4 nitrogen and oxygen atoms in total. The van der Waals surface area contributed by atoms with E-state index in [2.05, 4.69) is 13.8 Å². The molecule has 1 heterocycles. The van der Waals surface area contributed by atoms with Crippen LogP contribution in [0.1, 0.15) is 42.1 Å². The fourth-order valence-electron chi connectivity index (χ4n) is 3.17. The molecule has 0 saturated carbocycles. The summed E-state index contributed by atoms with van der Waals surface area (Å²) in [4.78, 5) is 14.1. The minimum Gasteiger partial charge on any atom is -0.488 e. The summed E-state index contributed by atoms with van der Waals surface area (Å²) in [5.74, 6) is 0.260. The smallest absolute Gasteiger partial charge is 0.254 e. The number of carbonyl (C=O) groups is 1. The first-order valence-electron chi connectivity index (χ1n) is 9.04. The van der Waals surface area contributed by atoms with Crippen LogP contribution in [0.15, 0.2) is 42.5 Å². The second kappa shape index (κ2) is 8.28. The average Bonchev–Trinajstić information content (AvgIpc) is 2.65. The Morgan fingerprint density at radius 3 is 2.74 bits per heavy atom. The van der Waals surface area contributed by atoms with Gasteiger partial charge in [-0.1, -0.05) is 37.6 Å². The van der Waals surface area contributed by atoms with E-state index in [9.17, 15) is 14.3 Å². The van der Waals surface area contributed by atoms with Gasteiger partial charge in [-0.15, -0.1) is 0 Å². The number of β-amino-alcohol motifs (C(OH)–C–C–N with tert-alkyl or cyclic N) is 1. The van der Waals surface area contributed by atoms with Gasteiger partial charge in [0.2, 0.25) is 0 Å². The molecule has 1 saturated heterocycles. The molecule has 0 aliphatic carbocycles. The van der Waals surface area contributed by atoms with Gasteiger partial charge in [-0.25, -0.2) is 4.39 Å². The largest absolute Gasteiger partial charge is 0.488 e. The topological polar surface area (TPSA) is 49.8 Å². The van der Waals surface area contributed by atoms with Gasteiger partial charge < -0.3 is 14.7 Å². The van der Waals surface area contributed by atoms with Crippen LogP contribution >= 0.6 is 11.6 Å². The number of hydrogen-bond acceptors (Lipinski definition) is 3. The molecule has 0 bridgehead atoms. The summed E-state index contributed by atoms with van der Waals surface area (Å²) in [6, 6.07) is 11.7. The zero-order valence-corrected chi connectivity index (χ0v) is 16.1. The number of aliphatic hydroxyl groups is 1. The molecule has 1 fully saturated rings. The third-order valence-corrected chi connectivity index (χ3v) is 5.08. The molecule has 1 aliphatic heterocycles. The number of aliphatic hydroxyl groups excluding tert-OH is 1. The number of piperidine rings is 1. The summed E-state index contributed by atoms with van der Waals surface area (Å²) in [6.45, 7) is 4.82. The van der Waals surface area contributed by atoms with Crippen molar-refractivity contribution in [2.75, 3.05) is 13.1 Å². The quantitative estimate of drug-likeness (QED) is 0.847. The lowest BCUT2D eigenvalue weighted by Gasteiger charge is -2.36. The Morgan fingerprint density at radius 2 is 2.07 bits per heavy atom. The molecule has 0 spiro atoms. The zero-order valence-electron chi connectivity index (χ0n) is 15.4. The van der Waals surface area contributed by atoms with Crippen LogP contribution in [0.5, 0.6) is 5.75 Å². The maximum atomic E-state index is 13.3. The lowest BCUT2D eigenvalue weighted by Crippen LogP contribution is -2.51. The van der Waals surface area contributed by atoms with E-state index in [4.69, 9.17) is 16.3 Å². The van der Waals surface area contributed by atoms with Gasteiger partial charge in [0.1, 0.15) is 23.8 Å². The van der Waals surface area contributed by atoms with Gasteiger partial charge in [0.25, 0.3) is 5.91 Å². The predicted octanol–water partition coefficient (Wildman–Crippen LogP) is 4.26. The second-order valence-electron chi connectivity index (χ2n) is 7.12. The minimum absolute atomic E-state index is 0.0929. The van der Waals surface area contributed by atoms with Crippen LogP contribution in [0.25, 0.3) is 0 Å². The van der Waals surface area contributed by atoms with Crippen LogP contribution in [0.3, 0.4) is 0 Å². The van der Waals surface area contributed by atoms with E-state index < -0.39 is 11.9 Å². The van der Waals surface area contributed by atoms with E-state index in [-0.39, 0.29) is 23.6 Å². The van der Waals surface area contributed by atoms with E-state index in [1.807, 2.05) is 24.3 Å². The van der Waals surface area contributed by atoms with Crippen LogP contribution in [0, 0.1) is 5.82 Å². The van der Waals surface area contributed by atoms with Gasteiger partial charge in [0.15, 0.2) is 0 Å². The number of hydrogen-bond donors (Lipinski definition) is 1. The van der Waals surface area contributed by atoms with E-state index in [1.165, 1.54) is 23.8 Å². The monoisotopic (exact) mass is 391 g/mol. The maximum Gasteiger partial charge on any atom is 0.254 e. The first kappa shape index (κ1) is 19.6. The molecular weight excluding hydrogens is 369 g/mol. The highest BCUT2D eigenvalue weighted by atomic mass is 35.5. The Morgan fingerprint density at radius 1 is 1.30 bits per heavy atom. The molecule has 0 unspecified atom stereocenters. The first-order chi connectivity index (χ1) is 12.8. The molecule has 6 heteroatoms.